The molecule has 0 unspecified atom stereocenters. The normalized spacial score (nSPS) is 13.0. The Labute approximate surface area is 127 Å². The largest absolute Gasteiger partial charge is 0.480 e. The predicted molar refractivity (Wildman–Crippen MR) is 76.9 cm³/mol. The minimum Gasteiger partial charge on any atom is -0.480 e. The average Bonchev–Trinajstić information content (AvgIpc) is 2.38. The summed E-state index contributed by atoms with van der Waals surface area (Å²) in [5.74, 6) is -1.89. The maximum atomic E-state index is 12.1. The van der Waals surface area contributed by atoms with Crippen LogP contribution in [0.15, 0.2) is 23.1 Å². The number of hydrogen-bond acceptors (Lipinski definition) is 4. The maximum absolute atomic E-state index is 12.1. The summed E-state index contributed by atoms with van der Waals surface area (Å²) >= 11 is 5.85. The molecule has 0 bridgehead atoms. The molecule has 2 N–H and O–H groups in total. The van der Waals surface area contributed by atoms with Crippen LogP contribution in [-0.4, -0.2) is 49.8 Å². The smallest absolute Gasteiger partial charge is 0.325 e. The summed E-state index contributed by atoms with van der Waals surface area (Å²) in [6, 6.07) is 2.61. The highest BCUT2D eigenvalue weighted by atomic mass is 35.5. The monoisotopic (exact) mass is 334 g/mol. The SMILES string of the molecule is C[C@@H](NC(=O)c1ccc(Cl)c(S(=O)(=O)N(C)C)c1)C(=O)O. The fourth-order valence-corrected chi connectivity index (χ4v) is 2.77. The molecule has 1 aromatic rings. The van der Waals surface area contributed by atoms with Crippen molar-refractivity contribution in [2.24, 2.45) is 0 Å². The molecule has 1 rings (SSSR count). The summed E-state index contributed by atoms with van der Waals surface area (Å²) in [6.45, 7) is 1.30. The van der Waals surface area contributed by atoms with Gasteiger partial charge >= 0.3 is 5.97 Å². The Kier molecular flexibility index (Phi) is 5.32. The first-order chi connectivity index (χ1) is 9.57. The Morgan fingerprint density at radius 1 is 1.33 bits per heavy atom. The Hall–Kier alpha value is -1.64. The number of benzene rings is 1. The van der Waals surface area contributed by atoms with Crippen molar-refractivity contribution in [3.05, 3.63) is 28.8 Å². The van der Waals surface area contributed by atoms with E-state index in [1.54, 1.807) is 0 Å². The van der Waals surface area contributed by atoms with E-state index in [4.69, 9.17) is 16.7 Å². The molecule has 0 saturated carbocycles. The van der Waals surface area contributed by atoms with E-state index in [0.29, 0.717) is 0 Å². The fraction of sp³-hybridized carbons (Fsp3) is 0.333. The zero-order valence-corrected chi connectivity index (χ0v) is 13.2. The van der Waals surface area contributed by atoms with Crippen molar-refractivity contribution in [2.75, 3.05) is 14.1 Å². The van der Waals surface area contributed by atoms with E-state index in [0.717, 1.165) is 10.4 Å². The number of nitrogens with one attached hydrogen (secondary N) is 1. The second-order valence-electron chi connectivity index (χ2n) is 4.47. The van der Waals surface area contributed by atoms with Crippen molar-refractivity contribution in [3.63, 3.8) is 0 Å². The van der Waals surface area contributed by atoms with Crippen LogP contribution in [0.1, 0.15) is 17.3 Å². The first-order valence-corrected chi connectivity index (χ1v) is 7.65. The molecule has 1 atom stereocenters. The number of carbonyl (C=O) groups is 2. The fourth-order valence-electron chi connectivity index (χ4n) is 1.38. The van der Waals surface area contributed by atoms with Gasteiger partial charge in [-0.1, -0.05) is 11.6 Å². The van der Waals surface area contributed by atoms with Gasteiger partial charge in [-0.15, -0.1) is 0 Å². The van der Waals surface area contributed by atoms with Gasteiger partial charge in [0.05, 0.1) is 5.02 Å². The second-order valence-corrected chi connectivity index (χ2v) is 6.99. The van der Waals surface area contributed by atoms with E-state index in [2.05, 4.69) is 5.32 Å². The van der Waals surface area contributed by atoms with Crippen LogP contribution in [0, 0.1) is 0 Å². The molecule has 7 nitrogen and oxygen atoms in total. The quantitative estimate of drug-likeness (QED) is 0.828. The molecule has 1 amide bonds. The van der Waals surface area contributed by atoms with Crippen LogP contribution in [-0.2, 0) is 14.8 Å². The predicted octanol–water partition coefficient (Wildman–Crippen LogP) is 0.793. The minimum atomic E-state index is -3.80. The van der Waals surface area contributed by atoms with E-state index in [1.165, 1.54) is 33.2 Å². The zero-order valence-electron chi connectivity index (χ0n) is 11.6. The average molecular weight is 335 g/mol. The van der Waals surface area contributed by atoms with Gasteiger partial charge in [0.15, 0.2) is 0 Å². The van der Waals surface area contributed by atoms with E-state index in [1.807, 2.05) is 0 Å². The standard InChI is InChI=1S/C12H15ClN2O5S/c1-7(12(17)18)14-11(16)8-4-5-9(13)10(6-8)21(19,20)15(2)3/h4-7H,1-3H3,(H,14,16)(H,17,18)/t7-/m1/s1. The Bertz CT molecular complexity index is 672. The summed E-state index contributed by atoms with van der Waals surface area (Å²) in [5.41, 5.74) is 0.00734. The molecule has 0 saturated heterocycles. The highest BCUT2D eigenvalue weighted by molar-refractivity contribution is 7.89. The molecule has 0 heterocycles. The van der Waals surface area contributed by atoms with Crippen molar-refractivity contribution < 1.29 is 23.1 Å². The Morgan fingerprint density at radius 2 is 1.90 bits per heavy atom. The van der Waals surface area contributed by atoms with Crippen molar-refractivity contribution in [1.29, 1.82) is 0 Å². The first-order valence-electron chi connectivity index (χ1n) is 5.83. The van der Waals surface area contributed by atoms with Crippen molar-refractivity contribution in [1.82, 2.24) is 9.62 Å². The Morgan fingerprint density at radius 3 is 2.38 bits per heavy atom. The van der Waals surface area contributed by atoms with Crippen molar-refractivity contribution in [2.45, 2.75) is 17.9 Å². The van der Waals surface area contributed by atoms with E-state index >= 15 is 0 Å². The first kappa shape index (κ1) is 17.4. The van der Waals surface area contributed by atoms with Gasteiger partial charge in [-0.2, -0.15) is 0 Å². The van der Waals surface area contributed by atoms with Crippen molar-refractivity contribution >= 4 is 33.5 Å². The molecule has 0 aromatic heterocycles. The summed E-state index contributed by atoms with van der Waals surface area (Å²) in [5, 5.41) is 11.0. The van der Waals surface area contributed by atoms with Gasteiger partial charge in [0, 0.05) is 19.7 Å². The molecule has 21 heavy (non-hydrogen) atoms. The number of hydrogen-bond donors (Lipinski definition) is 2. The summed E-state index contributed by atoms with van der Waals surface area (Å²) < 4.78 is 25.1. The maximum Gasteiger partial charge on any atom is 0.325 e. The lowest BCUT2D eigenvalue weighted by Gasteiger charge is -2.14. The van der Waals surface area contributed by atoms with Crippen LogP contribution in [0.25, 0.3) is 0 Å². The molecule has 1 aromatic carbocycles. The van der Waals surface area contributed by atoms with Crippen LogP contribution in [0.3, 0.4) is 0 Å². The number of amides is 1. The van der Waals surface area contributed by atoms with Gasteiger partial charge in [-0.05, 0) is 25.1 Å². The number of halogens is 1. The summed E-state index contributed by atoms with van der Waals surface area (Å²) in [7, 11) is -1.13. The molecule has 0 fully saturated rings. The molecule has 0 aliphatic heterocycles. The van der Waals surface area contributed by atoms with Crippen molar-refractivity contribution in [3.8, 4) is 0 Å². The topological polar surface area (TPSA) is 104 Å². The summed E-state index contributed by atoms with van der Waals surface area (Å²) in [6.07, 6.45) is 0. The molecule has 0 aliphatic carbocycles. The molecule has 116 valence electrons. The number of carboxylic acid groups (broad SMARTS) is 1. The number of carboxylic acids is 1. The molecule has 9 heteroatoms. The number of sulfonamides is 1. The summed E-state index contributed by atoms with van der Waals surface area (Å²) in [4.78, 5) is 22.4. The van der Waals surface area contributed by atoms with E-state index in [9.17, 15) is 18.0 Å². The Balaban J connectivity index is 3.19. The van der Waals surface area contributed by atoms with Gasteiger partial charge in [-0.25, -0.2) is 12.7 Å². The number of nitrogens with zero attached hydrogens (tertiary/aromatic N) is 1. The molecular formula is C12H15ClN2O5S. The third-order valence-corrected chi connectivity index (χ3v) is 4.97. The lowest BCUT2D eigenvalue weighted by molar-refractivity contribution is -0.138. The molecule has 0 aliphatic rings. The number of carbonyl (C=O) groups excluding carboxylic acids is 1. The van der Waals surface area contributed by atoms with Gasteiger partial charge in [0.25, 0.3) is 5.91 Å². The zero-order chi connectivity index (χ0) is 16.4. The molecule has 0 spiro atoms. The van der Waals surface area contributed by atoms with Gasteiger partial charge in [0.2, 0.25) is 10.0 Å². The van der Waals surface area contributed by atoms with E-state index < -0.39 is 27.9 Å². The lowest BCUT2D eigenvalue weighted by Crippen LogP contribution is -2.38. The second kappa shape index (κ2) is 6.42. The lowest BCUT2D eigenvalue weighted by atomic mass is 10.2. The van der Waals surface area contributed by atoms with Crippen LogP contribution < -0.4 is 5.32 Å². The van der Waals surface area contributed by atoms with Crippen LogP contribution in [0.2, 0.25) is 5.02 Å². The highest BCUT2D eigenvalue weighted by Gasteiger charge is 2.23. The van der Waals surface area contributed by atoms with Crippen LogP contribution in [0.4, 0.5) is 0 Å². The number of rotatable bonds is 5. The van der Waals surface area contributed by atoms with Gasteiger partial charge < -0.3 is 10.4 Å². The van der Waals surface area contributed by atoms with Crippen LogP contribution >= 0.6 is 11.6 Å². The van der Waals surface area contributed by atoms with E-state index in [-0.39, 0.29) is 15.5 Å². The van der Waals surface area contributed by atoms with Gasteiger partial charge in [-0.3, -0.25) is 9.59 Å². The minimum absolute atomic E-state index is 0.00734. The highest BCUT2D eigenvalue weighted by Crippen LogP contribution is 2.24. The molecular weight excluding hydrogens is 320 g/mol. The molecule has 0 radical (unpaired) electrons. The third kappa shape index (κ3) is 3.93. The van der Waals surface area contributed by atoms with Gasteiger partial charge in [0.1, 0.15) is 10.9 Å². The number of aliphatic carboxylic acids is 1. The third-order valence-electron chi connectivity index (χ3n) is 2.67. The van der Waals surface area contributed by atoms with Crippen LogP contribution in [0.5, 0.6) is 0 Å².